The second-order valence-electron chi connectivity index (χ2n) is 7.34. The summed E-state index contributed by atoms with van der Waals surface area (Å²) in [6, 6.07) is 12.7. The van der Waals surface area contributed by atoms with E-state index in [0.717, 1.165) is 24.0 Å². The van der Waals surface area contributed by atoms with E-state index in [1.54, 1.807) is 36.4 Å². The first-order chi connectivity index (χ1) is 14.5. The Morgan fingerprint density at radius 3 is 2.67 bits per heavy atom. The second kappa shape index (κ2) is 8.67. The van der Waals surface area contributed by atoms with Crippen LogP contribution in [0.25, 0.3) is 11.4 Å². The van der Waals surface area contributed by atoms with Gasteiger partial charge in [-0.25, -0.2) is 0 Å². The Hall–Kier alpha value is -3.19. The first-order valence-corrected chi connectivity index (χ1v) is 10.2. The van der Waals surface area contributed by atoms with E-state index in [2.05, 4.69) is 20.8 Å². The van der Waals surface area contributed by atoms with Gasteiger partial charge in [-0.05, 0) is 61.7 Å². The zero-order valence-corrected chi connectivity index (χ0v) is 17.2. The first kappa shape index (κ1) is 20.1. The van der Waals surface area contributed by atoms with Crippen LogP contribution in [0.1, 0.15) is 41.1 Å². The molecule has 154 valence electrons. The summed E-state index contributed by atoms with van der Waals surface area (Å²) in [7, 11) is 0. The number of nitrogens with one attached hydrogen (secondary N) is 2. The number of nitrogens with zero attached hydrogens (tertiary/aromatic N) is 2. The maximum atomic E-state index is 12.4. The lowest BCUT2D eigenvalue weighted by Crippen LogP contribution is -2.25. The van der Waals surface area contributed by atoms with Gasteiger partial charge in [0.25, 0.3) is 5.91 Å². The minimum Gasteiger partial charge on any atom is -0.349 e. The van der Waals surface area contributed by atoms with Crippen molar-refractivity contribution in [1.82, 2.24) is 15.5 Å². The SMILES string of the molecule is Cc1ccc(C(=O)NC2CC2)cc1NC(=O)CCc1nc(-c2ccc(Cl)cc2)no1. The Morgan fingerprint density at radius 1 is 1.17 bits per heavy atom. The van der Waals surface area contributed by atoms with Crippen molar-refractivity contribution >= 4 is 29.1 Å². The van der Waals surface area contributed by atoms with Gasteiger partial charge < -0.3 is 15.2 Å². The molecule has 2 amide bonds. The van der Waals surface area contributed by atoms with Crippen molar-refractivity contribution in [3.63, 3.8) is 0 Å². The number of amides is 2. The fourth-order valence-corrected chi connectivity index (χ4v) is 3.03. The van der Waals surface area contributed by atoms with Crippen molar-refractivity contribution in [1.29, 1.82) is 0 Å². The normalized spacial score (nSPS) is 13.1. The minimum absolute atomic E-state index is 0.117. The van der Waals surface area contributed by atoms with E-state index in [-0.39, 0.29) is 24.3 Å². The number of aryl methyl sites for hydroxylation is 2. The highest BCUT2D eigenvalue weighted by Gasteiger charge is 2.24. The van der Waals surface area contributed by atoms with Gasteiger partial charge in [0.2, 0.25) is 17.6 Å². The van der Waals surface area contributed by atoms with Crippen LogP contribution in [0.4, 0.5) is 5.69 Å². The molecular formula is C22H21ClN4O3. The van der Waals surface area contributed by atoms with Gasteiger partial charge >= 0.3 is 0 Å². The molecular weight excluding hydrogens is 404 g/mol. The fraction of sp³-hybridized carbons (Fsp3) is 0.273. The molecule has 2 aromatic carbocycles. The van der Waals surface area contributed by atoms with Crippen LogP contribution in [0, 0.1) is 6.92 Å². The van der Waals surface area contributed by atoms with Gasteiger partial charge in [-0.15, -0.1) is 0 Å². The minimum atomic E-state index is -0.191. The average molecular weight is 425 g/mol. The molecule has 2 N–H and O–H groups in total. The molecule has 1 saturated carbocycles. The zero-order valence-electron chi connectivity index (χ0n) is 16.4. The maximum Gasteiger partial charge on any atom is 0.251 e. The van der Waals surface area contributed by atoms with Crippen LogP contribution in [-0.4, -0.2) is 28.0 Å². The summed E-state index contributed by atoms with van der Waals surface area (Å²) in [5.41, 5.74) is 2.83. The molecule has 1 aliphatic carbocycles. The third-order valence-electron chi connectivity index (χ3n) is 4.82. The Bertz CT molecular complexity index is 1070. The molecule has 30 heavy (non-hydrogen) atoms. The predicted octanol–water partition coefficient (Wildman–Crippen LogP) is 4.16. The number of anilines is 1. The predicted molar refractivity (Wildman–Crippen MR) is 113 cm³/mol. The van der Waals surface area contributed by atoms with Crippen LogP contribution < -0.4 is 10.6 Å². The summed E-state index contributed by atoms with van der Waals surface area (Å²) in [4.78, 5) is 29.0. The van der Waals surface area contributed by atoms with Crippen LogP contribution in [0.15, 0.2) is 47.0 Å². The first-order valence-electron chi connectivity index (χ1n) is 9.78. The smallest absolute Gasteiger partial charge is 0.251 e. The summed E-state index contributed by atoms with van der Waals surface area (Å²) in [5, 5.41) is 10.4. The number of carbonyl (C=O) groups excluding carboxylic acids is 2. The highest BCUT2D eigenvalue weighted by Crippen LogP contribution is 2.22. The molecule has 3 aromatic rings. The van der Waals surface area contributed by atoms with E-state index in [9.17, 15) is 9.59 Å². The Kier molecular flexibility index (Phi) is 5.81. The van der Waals surface area contributed by atoms with Gasteiger partial charge in [-0.2, -0.15) is 4.98 Å². The fourth-order valence-electron chi connectivity index (χ4n) is 2.90. The highest BCUT2D eigenvalue weighted by molar-refractivity contribution is 6.30. The van der Waals surface area contributed by atoms with E-state index in [4.69, 9.17) is 16.1 Å². The van der Waals surface area contributed by atoms with Crippen molar-refractivity contribution in [3.05, 3.63) is 64.5 Å². The number of hydrogen-bond donors (Lipinski definition) is 2. The molecule has 4 rings (SSSR count). The van der Waals surface area contributed by atoms with Crippen LogP contribution in [0.5, 0.6) is 0 Å². The third kappa shape index (κ3) is 5.04. The van der Waals surface area contributed by atoms with Crippen molar-refractivity contribution in [2.24, 2.45) is 0 Å². The molecule has 0 spiro atoms. The van der Waals surface area contributed by atoms with Gasteiger partial charge in [-0.1, -0.05) is 22.8 Å². The zero-order chi connectivity index (χ0) is 21.1. The van der Waals surface area contributed by atoms with Crippen molar-refractivity contribution < 1.29 is 14.1 Å². The molecule has 0 bridgehead atoms. The topological polar surface area (TPSA) is 97.1 Å². The van der Waals surface area contributed by atoms with Crippen molar-refractivity contribution in [2.75, 3.05) is 5.32 Å². The van der Waals surface area contributed by atoms with Crippen LogP contribution in [0.2, 0.25) is 5.02 Å². The molecule has 0 saturated heterocycles. The quantitative estimate of drug-likeness (QED) is 0.593. The number of benzene rings is 2. The number of carbonyl (C=O) groups is 2. The summed E-state index contributed by atoms with van der Waals surface area (Å²) >= 11 is 5.89. The van der Waals surface area contributed by atoms with E-state index in [1.807, 2.05) is 13.0 Å². The van der Waals surface area contributed by atoms with Crippen molar-refractivity contribution in [3.8, 4) is 11.4 Å². The lowest BCUT2D eigenvalue weighted by Gasteiger charge is -2.10. The van der Waals surface area contributed by atoms with E-state index < -0.39 is 0 Å². The highest BCUT2D eigenvalue weighted by atomic mass is 35.5. The number of rotatable bonds is 7. The van der Waals surface area contributed by atoms with Gasteiger partial charge in [-0.3, -0.25) is 9.59 Å². The molecule has 0 aliphatic heterocycles. The van der Waals surface area contributed by atoms with E-state index in [0.29, 0.717) is 34.4 Å². The number of aromatic nitrogens is 2. The summed E-state index contributed by atoms with van der Waals surface area (Å²) in [6.07, 6.45) is 2.54. The molecule has 1 fully saturated rings. The standard InChI is InChI=1S/C22H21ClN4O3/c1-13-2-3-15(22(29)24-17-8-9-17)12-18(13)25-19(28)10-11-20-26-21(27-30-20)14-4-6-16(23)7-5-14/h2-7,12,17H,8-11H2,1H3,(H,24,29)(H,25,28). The Balaban J connectivity index is 1.34. The summed E-state index contributed by atoms with van der Waals surface area (Å²) in [5.74, 6) is 0.523. The van der Waals surface area contributed by atoms with Crippen molar-refractivity contribution in [2.45, 2.75) is 38.6 Å². The summed E-state index contributed by atoms with van der Waals surface area (Å²) < 4.78 is 5.24. The van der Waals surface area contributed by atoms with Crippen LogP contribution in [0.3, 0.4) is 0 Å². The van der Waals surface area contributed by atoms with Crippen LogP contribution >= 0.6 is 11.6 Å². The average Bonchev–Trinajstić information content (AvgIpc) is 3.42. The lowest BCUT2D eigenvalue weighted by molar-refractivity contribution is -0.116. The van der Waals surface area contributed by atoms with Gasteiger partial charge in [0, 0.05) is 40.7 Å². The largest absolute Gasteiger partial charge is 0.349 e. The van der Waals surface area contributed by atoms with Gasteiger partial charge in [0.05, 0.1) is 0 Å². The van der Waals surface area contributed by atoms with E-state index in [1.165, 1.54) is 0 Å². The van der Waals surface area contributed by atoms with Gasteiger partial charge in [0.1, 0.15) is 0 Å². The molecule has 8 heteroatoms. The number of halogens is 1. The Morgan fingerprint density at radius 2 is 1.93 bits per heavy atom. The summed E-state index contributed by atoms with van der Waals surface area (Å²) in [6.45, 7) is 1.88. The van der Waals surface area contributed by atoms with E-state index >= 15 is 0 Å². The molecule has 1 aliphatic rings. The molecule has 1 heterocycles. The number of hydrogen-bond acceptors (Lipinski definition) is 5. The maximum absolute atomic E-state index is 12.4. The molecule has 0 atom stereocenters. The molecule has 0 unspecified atom stereocenters. The third-order valence-corrected chi connectivity index (χ3v) is 5.07. The molecule has 1 aromatic heterocycles. The molecule has 0 radical (unpaired) electrons. The molecule has 7 nitrogen and oxygen atoms in total. The van der Waals surface area contributed by atoms with Crippen LogP contribution in [-0.2, 0) is 11.2 Å². The Labute approximate surface area is 178 Å². The monoisotopic (exact) mass is 424 g/mol. The second-order valence-corrected chi connectivity index (χ2v) is 7.78. The van der Waals surface area contributed by atoms with Gasteiger partial charge in [0.15, 0.2) is 0 Å². The lowest BCUT2D eigenvalue weighted by atomic mass is 10.1.